The molecule has 144 valence electrons. The molecule has 0 unspecified atom stereocenters. The number of hydrogen-bond donors (Lipinski definition) is 0. The maximum Gasteiger partial charge on any atom is 0.236 e. The van der Waals surface area contributed by atoms with Gasteiger partial charge in [-0.2, -0.15) is 0 Å². The van der Waals surface area contributed by atoms with Gasteiger partial charge in [0.25, 0.3) is 0 Å². The summed E-state index contributed by atoms with van der Waals surface area (Å²) in [5, 5.41) is 0.763. The molecule has 0 N–H and O–H groups in total. The maximum atomic E-state index is 12.6. The van der Waals surface area contributed by atoms with Gasteiger partial charge in [-0.3, -0.25) is 9.69 Å². The Morgan fingerprint density at radius 1 is 1.04 bits per heavy atom. The molecule has 1 aliphatic heterocycles. The lowest BCUT2D eigenvalue weighted by atomic mass is 10.1. The van der Waals surface area contributed by atoms with Crippen molar-refractivity contribution in [2.45, 2.75) is 19.9 Å². The topological polar surface area (TPSA) is 26.8 Å². The summed E-state index contributed by atoms with van der Waals surface area (Å²) in [6.45, 7) is 6.88. The molecule has 4 nitrogen and oxygen atoms in total. The molecular formula is C22H28ClN3O. The van der Waals surface area contributed by atoms with Crippen LogP contribution in [-0.2, 0) is 17.8 Å². The van der Waals surface area contributed by atoms with Gasteiger partial charge in [-0.05, 0) is 35.7 Å². The van der Waals surface area contributed by atoms with E-state index in [2.05, 4.69) is 47.1 Å². The standard InChI is InChI=1S/C22H28ClN3O/c1-3-18-7-9-19(10-8-18)16-24(2)22(27)17-25-11-13-26(14-12-25)21-6-4-5-20(23)15-21/h4-10,15H,3,11-14,16-17H2,1-2H3. The van der Waals surface area contributed by atoms with Crippen LogP contribution in [0.25, 0.3) is 0 Å². The first-order valence-electron chi connectivity index (χ1n) is 9.60. The summed E-state index contributed by atoms with van der Waals surface area (Å²) in [7, 11) is 1.89. The second-order valence-corrected chi connectivity index (χ2v) is 7.60. The highest BCUT2D eigenvalue weighted by molar-refractivity contribution is 6.30. The number of benzene rings is 2. The highest BCUT2D eigenvalue weighted by atomic mass is 35.5. The number of hydrogen-bond acceptors (Lipinski definition) is 3. The zero-order valence-electron chi connectivity index (χ0n) is 16.2. The third-order valence-corrected chi connectivity index (χ3v) is 5.42. The van der Waals surface area contributed by atoms with Crippen LogP contribution in [0.4, 0.5) is 5.69 Å². The minimum Gasteiger partial charge on any atom is -0.369 e. The van der Waals surface area contributed by atoms with Gasteiger partial charge in [-0.25, -0.2) is 0 Å². The van der Waals surface area contributed by atoms with Crippen molar-refractivity contribution in [3.63, 3.8) is 0 Å². The van der Waals surface area contributed by atoms with Crippen molar-refractivity contribution in [2.24, 2.45) is 0 Å². The van der Waals surface area contributed by atoms with Crippen molar-refractivity contribution in [3.8, 4) is 0 Å². The molecule has 2 aromatic rings. The number of piperazine rings is 1. The van der Waals surface area contributed by atoms with Crippen molar-refractivity contribution in [1.82, 2.24) is 9.80 Å². The number of carbonyl (C=O) groups excluding carboxylic acids is 1. The molecule has 0 aliphatic carbocycles. The fourth-order valence-electron chi connectivity index (χ4n) is 3.39. The molecular weight excluding hydrogens is 358 g/mol. The van der Waals surface area contributed by atoms with E-state index in [0.717, 1.165) is 43.3 Å². The molecule has 2 aromatic carbocycles. The summed E-state index contributed by atoms with van der Waals surface area (Å²) >= 11 is 6.09. The molecule has 0 atom stereocenters. The van der Waals surface area contributed by atoms with E-state index in [0.29, 0.717) is 13.1 Å². The van der Waals surface area contributed by atoms with Gasteiger partial charge in [0, 0.05) is 50.5 Å². The van der Waals surface area contributed by atoms with Crippen LogP contribution >= 0.6 is 11.6 Å². The van der Waals surface area contributed by atoms with Crippen LogP contribution in [0.2, 0.25) is 5.02 Å². The zero-order chi connectivity index (χ0) is 19.2. The molecule has 0 aromatic heterocycles. The van der Waals surface area contributed by atoms with Crippen molar-refractivity contribution < 1.29 is 4.79 Å². The molecule has 1 heterocycles. The lowest BCUT2D eigenvalue weighted by molar-refractivity contribution is -0.131. The number of nitrogens with zero attached hydrogens (tertiary/aromatic N) is 3. The van der Waals surface area contributed by atoms with Gasteiger partial charge >= 0.3 is 0 Å². The molecule has 1 aliphatic rings. The summed E-state index contributed by atoms with van der Waals surface area (Å²) in [6, 6.07) is 16.5. The third-order valence-electron chi connectivity index (χ3n) is 5.18. The molecule has 27 heavy (non-hydrogen) atoms. The first-order valence-corrected chi connectivity index (χ1v) is 9.97. The predicted molar refractivity (Wildman–Crippen MR) is 112 cm³/mol. The smallest absolute Gasteiger partial charge is 0.236 e. The van der Waals surface area contributed by atoms with Gasteiger partial charge in [-0.1, -0.05) is 48.9 Å². The van der Waals surface area contributed by atoms with E-state index in [1.165, 1.54) is 11.1 Å². The molecule has 3 rings (SSSR count). The first-order chi connectivity index (χ1) is 13.0. The average molecular weight is 386 g/mol. The van der Waals surface area contributed by atoms with Crippen LogP contribution < -0.4 is 4.90 Å². The van der Waals surface area contributed by atoms with Crippen LogP contribution in [0.5, 0.6) is 0 Å². The molecule has 1 amide bonds. The van der Waals surface area contributed by atoms with Crippen molar-refractivity contribution in [2.75, 3.05) is 44.7 Å². The Morgan fingerprint density at radius 2 is 1.70 bits per heavy atom. The van der Waals surface area contributed by atoms with E-state index in [1.54, 1.807) is 0 Å². The number of halogens is 1. The number of likely N-dealkylation sites (N-methyl/N-ethyl adjacent to an activating group) is 1. The van der Waals surface area contributed by atoms with Crippen molar-refractivity contribution in [3.05, 3.63) is 64.7 Å². The molecule has 0 radical (unpaired) electrons. The fraction of sp³-hybridized carbons (Fsp3) is 0.409. The lowest BCUT2D eigenvalue weighted by Crippen LogP contribution is -2.49. The normalized spacial score (nSPS) is 15.0. The van der Waals surface area contributed by atoms with Crippen LogP contribution in [0, 0.1) is 0 Å². The van der Waals surface area contributed by atoms with Gasteiger partial charge in [0.05, 0.1) is 6.54 Å². The summed E-state index contributed by atoms with van der Waals surface area (Å²) in [5.41, 5.74) is 3.65. The quantitative estimate of drug-likeness (QED) is 0.758. The largest absolute Gasteiger partial charge is 0.369 e. The number of aryl methyl sites for hydroxylation is 1. The Balaban J connectivity index is 1.47. The third kappa shape index (κ3) is 5.47. The van der Waals surface area contributed by atoms with Crippen LogP contribution in [0.1, 0.15) is 18.1 Å². The van der Waals surface area contributed by atoms with Gasteiger partial charge < -0.3 is 9.80 Å². The molecule has 0 saturated carbocycles. The highest BCUT2D eigenvalue weighted by Crippen LogP contribution is 2.20. The number of anilines is 1. The monoisotopic (exact) mass is 385 g/mol. The Bertz CT molecular complexity index is 754. The highest BCUT2D eigenvalue weighted by Gasteiger charge is 2.21. The predicted octanol–water partition coefficient (Wildman–Crippen LogP) is 3.68. The molecule has 1 saturated heterocycles. The molecule has 0 bridgehead atoms. The van der Waals surface area contributed by atoms with E-state index in [4.69, 9.17) is 11.6 Å². The summed E-state index contributed by atoms with van der Waals surface area (Å²) < 4.78 is 0. The van der Waals surface area contributed by atoms with E-state index >= 15 is 0 Å². The maximum absolute atomic E-state index is 12.6. The van der Waals surface area contributed by atoms with Crippen LogP contribution in [0.15, 0.2) is 48.5 Å². The van der Waals surface area contributed by atoms with E-state index < -0.39 is 0 Å². The minimum atomic E-state index is 0.172. The molecule has 1 fully saturated rings. The zero-order valence-corrected chi connectivity index (χ0v) is 17.0. The van der Waals surface area contributed by atoms with E-state index in [-0.39, 0.29) is 5.91 Å². The van der Waals surface area contributed by atoms with E-state index in [9.17, 15) is 4.79 Å². The van der Waals surface area contributed by atoms with Gasteiger partial charge in [-0.15, -0.1) is 0 Å². The SMILES string of the molecule is CCc1ccc(CN(C)C(=O)CN2CCN(c3cccc(Cl)c3)CC2)cc1. The fourth-order valence-corrected chi connectivity index (χ4v) is 3.58. The summed E-state index contributed by atoms with van der Waals surface area (Å²) in [6.07, 6.45) is 1.04. The average Bonchev–Trinajstić information content (AvgIpc) is 2.69. The summed E-state index contributed by atoms with van der Waals surface area (Å²) in [4.78, 5) is 19.0. The minimum absolute atomic E-state index is 0.172. The van der Waals surface area contributed by atoms with Gasteiger partial charge in [0.1, 0.15) is 0 Å². The second kappa shape index (κ2) is 9.25. The Hall–Kier alpha value is -2.04. The Kier molecular flexibility index (Phi) is 6.75. The number of rotatable bonds is 6. The van der Waals surface area contributed by atoms with Gasteiger partial charge in [0.2, 0.25) is 5.91 Å². The number of amides is 1. The Labute approximate surface area is 167 Å². The van der Waals surface area contributed by atoms with Crippen molar-refractivity contribution >= 4 is 23.2 Å². The molecule has 0 spiro atoms. The van der Waals surface area contributed by atoms with E-state index in [1.807, 2.05) is 30.1 Å². The summed E-state index contributed by atoms with van der Waals surface area (Å²) in [5.74, 6) is 0.172. The van der Waals surface area contributed by atoms with Crippen LogP contribution in [-0.4, -0.2) is 55.5 Å². The first kappa shape index (κ1) is 19.7. The Morgan fingerprint density at radius 3 is 2.33 bits per heavy atom. The number of carbonyl (C=O) groups is 1. The second-order valence-electron chi connectivity index (χ2n) is 7.16. The van der Waals surface area contributed by atoms with Gasteiger partial charge in [0.15, 0.2) is 0 Å². The van der Waals surface area contributed by atoms with Crippen LogP contribution in [0.3, 0.4) is 0 Å². The van der Waals surface area contributed by atoms with Crippen molar-refractivity contribution in [1.29, 1.82) is 0 Å². The molecule has 5 heteroatoms. The lowest BCUT2D eigenvalue weighted by Gasteiger charge is -2.36.